The summed E-state index contributed by atoms with van der Waals surface area (Å²) in [7, 11) is 0. The van der Waals surface area contributed by atoms with Gasteiger partial charge in [0.15, 0.2) is 0 Å². The van der Waals surface area contributed by atoms with Crippen LogP contribution in [0.4, 0.5) is 0 Å². The molecule has 2 rings (SSSR count). The highest BCUT2D eigenvalue weighted by Crippen LogP contribution is 2.50. The second-order valence-electron chi connectivity index (χ2n) is 3.26. The first kappa shape index (κ1) is 7.32. The minimum atomic E-state index is -0.123. The van der Waals surface area contributed by atoms with Crippen molar-refractivity contribution in [1.82, 2.24) is 0 Å². The van der Waals surface area contributed by atoms with Crippen LogP contribution in [0, 0.1) is 5.92 Å². The maximum absolute atomic E-state index is 9.27. The van der Waals surface area contributed by atoms with Crippen molar-refractivity contribution in [2.45, 2.75) is 25.4 Å². The van der Waals surface area contributed by atoms with Crippen molar-refractivity contribution in [2.75, 3.05) is 0 Å². The van der Waals surface area contributed by atoms with Crippen LogP contribution in [0.3, 0.4) is 0 Å². The first-order chi connectivity index (χ1) is 5.29. The lowest BCUT2D eigenvalue weighted by Crippen LogP contribution is -2.02. The van der Waals surface area contributed by atoms with Gasteiger partial charge in [0.25, 0.3) is 0 Å². The van der Waals surface area contributed by atoms with Crippen LogP contribution >= 0.6 is 11.3 Å². The highest BCUT2D eigenvalue weighted by atomic mass is 32.1. The largest absolute Gasteiger partial charge is 0.393 e. The molecule has 0 saturated heterocycles. The molecule has 1 aliphatic carbocycles. The minimum absolute atomic E-state index is 0.123. The first-order valence-electron chi connectivity index (χ1n) is 4.00. The summed E-state index contributed by atoms with van der Waals surface area (Å²) < 4.78 is 0. The normalized spacial score (nSPS) is 31.8. The number of rotatable bonds is 2. The van der Waals surface area contributed by atoms with Crippen LogP contribution in [0.15, 0.2) is 17.5 Å². The van der Waals surface area contributed by atoms with Crippen molar-refractivity contribution < 1.29 is 5.11 Å². The summed E-state index contributed by atoms with van der Waals surface area (Å²) in [6.07, 6.45) is 1.06. The summed E-state index contributed by atoms with van der Waals surface area (Å²) in [6.45, 7) is 1.89. The molecule has 2 heteroatoms. The molecule has 1 aliphatic rings. The predicted octanol–water partition coefficient (Wildman–Crippen LogP) is 2.23. The fraction of sp³-hybridized carbons (Fsp3) is 0.556. The second kappa shape index (κ2) is 2.61. The zero-order valence-corrected chi connectivity index (χ0v) is 7.34. The van der Waals surface area contributed by atoms with Gasteiger partial charge < -0.3 is 5.11 Å². The minimum Gasteiger partial charge on any atom is -0.393 e. The van der Waals surface area contributed by atoms with Gasteiger partial charge in [-0.25, -0.2) is 0 Å². The van der Waals surface area contributed by atoms with Gasteiger partial charge in [0.1, 0.15) is 0 Å². The van der Waals surface area contributed by atoms with E-state index in [9.17, 15) is 5.11 Å². The van der Waals surface area contributed by atoms with Crippen molar-refractivity contribution in [2.24, 2.45) is 5.92 Å². The van der Waals surface area contributed by atoms with Gasteiger partial charge in [0, 0.05) is 4.88 Å². The SMILES string of the molecule is C[C@H](O)[C@H]1C[C@@H]1c1cccs1. The Morgan fingerprint density at radius 3 is 3.00 bits per heavy atom. The summed E-state index contributed by atoms with van der Waals surface area (Å²) in [5.74, 6) is 1.20. The molecule has 11 heavy (non-hydrogen) atoms. The van der Waals surface area contributed by atoms with Gasteiger partial charge in [-0.1, -0.05) is 6.07 Å². The van der Waals surface area contributed by atoms with Gasteiger partial charge in [-0.15, -0.1) is 11.3 Å². The molecule has 1 fully saturated rings. The lowest BCUT2D eigenvalue weighted by atomic mass is 10.2. The average Bonchev–Trinajstić information content (AvgIpc) is 2.60. The molecule has 1 saturated carbocycles. The van der Waals surface area contributed by atoms with Crippen LogP contribution in [-0.4, -0.2) is 11.2 Å². The summed E-state index contributed by atoms with van der Waals surface area (Å²) in [5.41, 5.74) is 0. The van der Waals surface area contributed by atoms with Gasteiger partial charge >= 0.3 is 0 Å². The molecule has 1 N–H and O–H groups in total. The van der Waals surface area contributed by atoms with E-state index in [-0.39, 0.29) is 6.10 Å². The van der Waals surface area contributed by atoms with Crippen molar-refractivity contribution >= 4 is 11.3 Å². The molecule has 1 aromatic rings. The topological polar surface area (TPSA) is 20.2 Å². The predicted molar refractivity (Wildman–Crippen MR) is 46.8 cm³/mol. The van der Waals surface area contributed by atoms with E-state index < -0.39 is 0 Å². The molecular formula is C9H12OS. The molecule has 0 aliphatic heterocycles. The number of aliphatic hydroxyl groups is 1. The van der Waals surface area contributed by atoms with Gasteiger partial charge in [0.05, 0.1) is 6.10 Å². The summed E-state index contributed by atoms with van der Waals surface area (Å²) in [4.78, 5) is 1.44. The van der Waals surface area contributed by atoms with Gasteiger partial charge in [-0.2, -0.15) is 0 Å². The lowest BCUT2D eigenvalue weighted by Gasteiger charge is -1.99. The third-order valence-electron chi connectivity index (χ3n) is 2.37. The Bertz CT molecular complexity index is 228. The van der Waals surface area contributed by atoms with Crippen molar-refractivity contribution in [3.63, 3.8) is 0 Å². The average molecular weight is 168 g/mol. The van der Waals surface area contributed by atoms with Crippen LogP contribution in [0.1, 0.15) is 24.1 Å². The second-order valence-corrected chi connectivity index (χ2v) is 4.24. The Kier molecular flexibility index (Phi) is 1.74. The Morgan fingerprint density at radius 2 is 2.55 bits per heavy atom. The van der Waals surface area contributed by atoms with Crippen molar-refractivity contribution in [3.8, 4) is 0 Å². The van der Waals surface area contributed by atoms with E-state index in [1.165, 1.54) is 11.3 Å². The molecule has 0 unspecified atom stereocenters. The molecule has 0 spiro atoms. The Morgan fingerprint density at radius 1 is 1.73 bits per heavy atom. The molecule has 0 aromatic carbocycles. The molecular weight excluding hydrogens is 156 g/mol. The number of aliphatic hydroxyl groups excluding tert-OH is 1. The molecule has 3 atom stereocenters. The lowest BCUT2D eigenvalue weighted by molar-refractivity contribution is 0.169. The molecule has 1 aromatic heterocycles. The Labute approximate surface area is 70.7 Å². The fourth-order valence-corrected chi connectivity index (χ4v) is 2.49. The number of hydrogen-bond donors (Lipinski definition) is 1. The molecule has 0 bridgehead atoms. The van der Waals surface area contributed by atoms with Gasteiger partial charge in [-0.05, 0) is 36.6 Å². The van der Waals surface area contributed by atoms with Crippen LogP contribution in [0.25, 0.3) is 0 Å². The Balaban J connectivity index is 2.02. The maximum Gasteiger partial charge on any atom is 0.0546 e. The maximum atomic E-state index is 9.27. The molecule has 1 heterocycles. The van der Waals surface area contributed by atoms with Gasteiger partial charge in [0.2, 0.25) is 0 Å². The van der Waals surface area contributed by atoms with E-state index in [4.69, 9.17) is 0 Å². The molecule has 60 valence electrons. The summed E-state index contributed by atoms with van der Waals surface area (Å²) in [5, 5.41) is 11.4. The highest BCUT2D eigenvalue weighted by molar-refractivity contribution is 7.10. The summed E-state index contributed by atoms with van der Waals surface area (Å²) >= 11 is 1.80. The zero-order valence-electron chi connectivity index (χ0n) is 6.53. The Hall–Kier alpha value is -0.340. The van der Waals surface area contributed by atoms with Crippen LogP contribution < -0.4 is 0 Å². The molecule has 0 amide bonds. The first-order valence-corrected chi connectivity index (χ1v) is 4.88. The third-order valence-corrected chi connectivity index (χ3v) is 3.37. The quantitative estimate of drug-likeness (QED) is 0.718. The smallest absolute Gasteiger partial charge is 0.0546 e. The van der Waals surface area contributed by atoms with Crippen molar-refractivity contribution in [1.29, 1.82) is 0 Å². The molecule has 0 radical (unpaired) electrons. The van der Waals surface area contributed by atoms with Crippen molar-refractivity contribution in [3.05, 3.63) is 22.4 Å². The van der Waals surface area contributed by atoms with Crippen LogP contribution in [0.5, 0.6) is 0 Å². The van der Waals surface area contributed by atoms with E-state index in [0.29, 0.717) is 11.8 Å². The van der Waals surface area contributed by atoms with E-state index in [0.717, 1.165) is 0 Å². The highest BCUT2D eigenvalue weighted by Gasteiger charge is 2.41. The van der Waals surface area contributed by atoms with Crippen LogP contribution in [0.2, 0.25) is 0 Å². The van der Waals surface area contributed by atoms with E-state index in [2.05, 4.69) is 17.5 Å². The van der Waals surface area contributed by atoms with Crippen LogP contribution in [-0.2, 0) is 0 Å². The molecule has 1 nitrogen and oxygen atoms in total. The summed E-state index contributed by atoms with van der Waals surface area (Å²) in [6, 6.07) is 4.25. The number of hydrogen-bond acceptors (Lipinski definition) is 2. The zero-order chi connectivity index (χ0) is 7.84. The fourth-order valence-electron chi connectivity index (χ4n) is 1.58. The third kappa shape index (κ3) is 1.33. The van der Waals surface area contributed by atoms with Gasteiger partial charge in [-0.3, -0.25) is 0 Å². The monoisotopic (exact) mass is 168 g/mol. The standard InChI is InChI=1S/C9H12OS/c1-6(10)7-5-8(7)9-3-2-4-11-9/h2-4,6-8,10H,5H2,1H3/t6-,7+,8-/m0/s1. The van der Waals surface area contributed by atoms with E-state index in [1.54, 1.807) is 11.3 Å². The van der Waals surface area contributed by atoms with E-state index >= 15 is 0 Å². The van der Waals surface area contributed by atoms with E-state index in [1.807, 2.05) is 6.92 Å². The number of thiophene rings is 1.